The maximum atomic E-state index is 12.0. The lowest BCUT2D eigenvalue weighted by Gasteiger charge is -2.29. The van der Waals surface area contributed by atoms with Crippen molar-refractivity contribution in [3.63, 3.8) is 0 Å². The van der Waals surface area contributed by atoms with E-state index in [4.69, 9.17) is 16.3 Å². The van der Waals surface area contributed by atoms with Crippen LogP contribution in [-0.2, 0) is 16.1 Å². The summed E-state index contributed by atoms with van der Waals surface area (Å²) in [5.41, 5.74) is 0.00334. The number of nitrogens with one attached hydrogen (secondary N) is 1. The van der Waals surface area contributed by atoms with Crippen molar-refractivity contribution < 1.29 is 9.53 Å². The zero-order valence-corrected chi connectivity index (χ0v) is 16.3. The van der Waals surface area contributed by atoms with Crippen molar-refractivity contribution in [3.05, 3.63) is 17.4 Å². The van der Waals surface area contributed by atoms with Crippen molar-refractivity contribution in [2.24, 2.45) is 11.8 Å². The van der Waals surface area contributed by atoms with Crippen LogP contribution in [0.4, 0.5) is 0 Å². The Balaban J connectivity index is 1.33. The molecule has 1 amide bonds. The first-order chi connectivity index (χ1) is 12.4. The highest BCUT2D eigenvalue weighted by Crippen LogP contribution is 2.54. The van der Waals surface area contributed by atoms with Gasteiger partial charge in [0.2, 0.25) is 5.91 Å². The van der Waals surface area contributed by atoms with E-state index in [1.54, 1.807) is 6.20 Å². The summed E-state index contributed by atoms with van der Waals surface area (Å²) >= 11 is 5.94. The predicted molar refractivity (Wildman–Crippen MR) is 99.1 cm³/mol. The Morgan fingerprint density at radius 3 is 3.08 bits per heavy atom. The number of aromatic nitrogens is 2. The molecule has 1 N–H and O–H groups in total. The number of fused-ring (bicyclic) bond motifs is 1. The average molecular weight is 382 g/mol. The minimum absolute atomic E-state index is 0.00334. The molecule has 3 aliphatic rings. The summed E-state index contributed by atoms with van der Waals surface area (Å²) in [6.45, 7) is 4.98. The molecule has 1 spiro atoms. The van der Waals surface area contributed by atoms with Crippen LogP contribution in [-0.4, -0.2) is 84.0 Å². The Labute approximate surface area is 159 Å². The first-order valence-corrected chi connectivity index (χ1v) is 9.82. The van der Waals surface area contributed by atoms with Crippen LogP contribution in [0.3, 0.4) is 0 Å². The summed E-state index contributed by atoms with van der Waals surface area (Å²) in [6, 6.07) is 0. The molecule has 1 aromatic rings. The molecule has 0 saturated carbocycles. The van der Waals surface area contributed by atoms with Crippen molar-refractivity contribution in [2.75, 3.05) is 46.8 Å². The van der Waals surface area contributed by atoms with Gasteiger partial charge in [0.1, 0.15) is 0 Å². The predicted octanol–water partition coefficient (Wildman–Crippen LogP) is 0.694. The van der Waals surface area contributed by atoms with Gasteiger partial charge < -0.3 is 15.0 Å². The third-order valence-electron chi connectivity index (χ3n) is 6.10. The lowest BCUT2D eigenvalue weighted by molar-refractivity contribution is -0.122. The zero-order chi connectivity index (χ0) is 18.3. The molecule has 0 aromatic carbocycles. The second kappa shape index (κ2) is 7.11. The molecular formula is C18H28ClN5O2. The fourth-order valence-electron chi connectivity index (χ4n) is 5.01. The number of hydrogen-bond donors (Lipinski definition) is 1. The monoisotopic (exact) mass is 381 g/mol. The molecule has 3 fully saturated rings. The van der Waals surface area contributed by atoms with Crippen LogP contribution in [0.15, 0.2) is 12.4 Å². The fraction of sp³-hybridized carbons (Fsp3) is 0.778. The van der Waals surface area contributed by atoms with Gasteiger partial charge in [0.15, 0.2) is 0 Å². The molecular weight excluding hydrogens is 354 g/mol. The minimum atomic E-state index is 0.00334. The number of halogens is 1. The number of amides is 1. The van der Waals surface area contributed by atoms with Crippen molar-refractivity contribution in [1.29, 1.82) is 0 Å². The largest absolute Gasteiger partial charge is 0.370 e. The van der Waals surface area contributed by atoms with Gasteiger partial charge in [-0.25, -0.2) is 0 Å². The Morgan fingerprint density at radius 2 is 2.35 bits per heavy atom. The fourth-order valence-corrected chi connectivity index (χ4v) is 5.17. The highest BCUT2D eigenvalue weighted by molar-refractivity contribution is 6.30. The normalized spacial score (nSPS) is 33.2. The van der Waals surface area contributed by atoms with Crippen LogP contribution < -0.4 is 5.32 Å². The van der Waals surface area contributed by atoms with Crippen LogP contribution >= 0.6 is 11.6 Å². The number of hydrogen-bond acceptors (Lipinski definition) is 5. The summed E-state index contributed by atoms with van der Waals surface area (Å²) < 4.78 is 8.34. The first-order valence-electron chi connectivity index (χ1n) is 9.45. The number of likely N-dealkylation sites (N-methyl/N-ethyl adjacent to an activating group) is 1. The number of likely N-dealkylation sites (tertiary alicyclic amines) is 1. The Hall–Kier alpha value is -1.15. The molecule has 1 aromatic heterocycles. The standard InChI is InChI=1S/C18H28ClN5O2/c1-22(2)11-17(25)20-8-14-15-10-23(5-6-24-9-13(19)7-21-24)12-18(15)4-3-16(14)26-18/h7,9,14-16H,3-6,8,10-12H2,1-2H3,(H,20,25)/t14-,15+,16+,18+/m0/s1. The molecule has 4 atom stereocenters. The van der Waals surface area contributed by atoms with Crippen LogP contribution in [0, 0.1) is 11.8 Å². The Kier molecular flexibility index (Phi) is 4.98. The summed E-state index contributed by atoms with van der Waals surface area (Å²) in [5.74, 6) is 1.04. The Bertz CT molecular complexity index is 666. The van der Waals surface area contributed by atoms with E-state index in [1.165, 1.54) is 0 Å². The molecule has 8 heteroatoms. The van der Waals surface area contributed by atoms with Gasteiger partial charge in [-0.15, -0.1) is 0 Å². The van der Waals surface area contributed by atoms with E-state index in [0.717, 1.165) is 45.6 Å². The molecule has 144 valence electrons. The van der Waals surface area contributed by atoms with E-state index in [1.807, 2.05) is 29.9 Å². The lowest BCUT2D eigenvalue weighted by atomic mass is 9.73. The van der Waals surface area contributed by atoms with Crippen LogP contribution in [0.2, 0.25) is 5.02 Å². The highest BCUT2D eigenvalue weighted by Gasteiger charge is 2.62. The molecule has 3 saturated heterocycles. The van der Waals surface area contributed by atoms with E-state index in [9.17, 15) is 4.79 Å². The third-order valence-corrected chi connectivity index (χ3v) is 6.29. The molecule has 0 aliphatic carbocycles. The van der Waals surface area contributed by atoms with Gasteiger partial charge in [-0.05, 0) is 26.9 Å². The maximum Gasteiger partial charge on any atom is 0.234 e. The van der Waals surface area contributed by atoms with Crippen molar-refractivity contribution in [3.8, 4) is 0 Å². The number of ether oxygens (including phenoxy) is 1. The number of carbonyl (C=O) groups excluding carboxylic acids is 1. The second-order valence-corrected chi connectivity index (χ2v) is 8.67. The minimum Gasteiger partial charge on any atom is -0.370 e. The number of carbonyl (C=O) groups is 1. The maximum absolute atomic E-state index is 12.0. The van der Waals surface area contributed by atoms with Gasteiger partial charge >= 0.3 is 0 Å². The third kappa shape index (κ3) is 3.50. The number of nitrogens with zero attached hydrogens (tertiary/aromatic N) is 4. The van der Waals surface area contributed by atoms with Gasteiger partial charge in [0, 0.05) is 44.2 Å². The van der Waals surface area contributed by atoms with Gasteiger partial charge in [-0.2, -0.15) is 5.10 Å². The molecule has 2 bridgehead atoms. The van der Waals surface area contributed by atoms with Crippen LogP contribution in [0.1, 0.15) is 12.8 Å². The zero-order valence-electron chi connectivity index (χ0n) is 15.5. The average Bonchev–Trinajstić information content (AvgIpc) is 3.30. The Morgan fingerprint density at radius 1 is 1.50 bits per heavy atom. The van der Waals surface area contributed by atoms with Crippen LogP contribution in [0.25, 0.3) is 0 Å². The molecule has 26 heavy (non-hydrogen) atoms. The van der Waals surface area contributed by atoms with E-state index < -0.39 is 0 Å². The summed E-state index contributed by atoms with van der Waals surface area (Å²) in [4.78, 5) is 16.4. The summed E-state index contributed by atoms with van der Waals surface area (Å²) in [5, 5.41) is 8.05. The van der Waals surface area contributed by atoms with Gasteiger partial charge in [0.05, 0.1) is 36.0 Å². The van der Waals surface area contributed by atoms with Gasteiger partial charge in [-0.1, -0.05) is 11.6 Å². The SMILES string of the molecule is CN(C)CC(=O)NC[C@H]1[C@H]2CN(CCn3cc(Cl)cn3)C[C@]23CC[C@H]1O3. The quantitative estimate of drug-likeness (QED) is 0.753. The second-order valence-electron chi connectivity index (χ2n) is 8.23. The van der Waals surface area contributed by atoms with E-state index in [2.05, 4.69) is 15.3 Å². The molecule has 0 unspecified atom stereocenters. The van der Waals surface area contributed by atoms with Crippen molar-refractivity contribution in [2.45, 2.75) is 31.1 Å². The van der Waals surface area contributed by atoms with Crippen LogP contribution in [0.5, 0.6) is 0 Å². The van der Waals surface area contributed by atoms with E-state index in [-0.39, 0.29) is 11.5 Å². The molecule has 7 nitrogen and oxygen atoms in total. The molecule has 3 aliphatic heterocycles. The molecule has 4 heterocycles. The molecule has 4 rings (SSSR count). The molecule has 0 radical (unpaired) electrons. The van der Waals surface area contributed by atoms with Gasteiger partial charge in [-0.3, -0.25) is 14.4 Å². The van der Waals surface area contributed by atoms with E-state index >= 15 is 0 Å². The summed E-state index contributed by atoms with van der Waals surface area (Å²) in [6.07, 6.45) is 6.12. The first kappa shape index (κ1) is 18.2. The van der Waals surface area contributed by atoms with Crippen molar-refractivity contribution >= 4 is 17.5 Å². The summed E-state index contributed by atoms with van der Waals surface area (Å²) in [7, 11) is 3.83. The topological polar surface area (TPSA) is 62.6 Å². The lowest BCUT2D eigenvalue weighted by Crippen LogP contribution is -2.43. The van der Waals surface area contributed by atoms with E-state index in [0.29, 0.717) is 29.5 Å². The highest BCUT2D eigenvalue weighted by atomic mass is 35.5. The smallest absolute Gasteiger partial charge is 0.234 e. The van der Waals surface area contributed by atoms with Gasteiger partial charge in [0.25, 0.3) is 0 Å². The number of rotatable bonds is 7. The van der Waals surface area contributed by atoms with Crippen molar-refractivity contribution in [1.82, 2.24) is 24.9 Å².